The Balaban J connectivity index is 2.29. The predicted molar refractivity (Wildman–Crippen MR) is 65.2 cm³/mol. The first kappa shape index (κ1) is 12.9. The lowest BCUT2D eigenvalue weighted by Crippen LogP contribution is -2.47. The summed E-state index contributed by atoms with van der Waals surface area (Å²) in [5.41, 5.74) is 0. The second kappa shape index (κ2) is 5.01. The van der Waals surface area contributed by atoms with E-state index in [0.717, 1.165) is 0 Å². The van der Waals surface area contributed by atoms with Crippen LogP contribution in [0.15, 0.2) is 16.8 Å². The van der Waals surface area contributed by atoms with Crippen LogP contribution in [0.2, 0.25) is 0 Å². The number of hydrogen-bond donors (Lipinski definition) is 1. The summed E-state index contributed by atoms with van der Waals surface area (Å²) in [7, 11) is 0. The molecule has 0 saturated carbocycles. The van der Waals surface area contributed by atoms with E-state index in [-0.39, 0.29) is 17.1 Å². The van der Waals surface area contributed by atoms with Gasteiger partial charge in [0, 0.05) is 11.8 Å². The zero-order chi connectivity index (χ0) is 13.3. The van der Waals surface area contributed by atoms with Crippen LogP contribution in [0.3, 0.4) is 0 Å². The molecule has 1 saturated heterocycles. The highest BCUT2D eigenvalue weighted by Gasteiger charge is 2.43. The first-order chi connectivity index (χ1) is 8.52. The molecule has 2 heterocycles. The molecule has 1 aliphatic rings. The molecule has 0 spiro atoms. The standard InChI is InChI=1S/C11H14N2O4S/c1-6(2)10-13(7(5-18-10)11(15)16)9(14)8-3-4-12-17-8/h3-4,6-7,10H,5H2,1-2H3,(H,15,16). The van der Waals surface area contributed by atoms with Gasteiger partial charge in [-0.1, -0.05) is 19.0 Å². The van der Waals surface area contributed by atoms with Gasteiger partial charge in [0.05, 0.1) is 11.6 Å². The number of thioether (sulfide) groups is 1. The number of carboxylic acids is 1. The quantitative estimate of drug-likeness (QED) is 0.891. The lowest BCUT2D eigenvalue weighted by Gasteiger charge is -2.28. The third-order valence-corrected chi connectivity index (χ3v) is 4.39. The molecule has 6 nitrogen and oxygen atoms in total. The summed E-state index contributed by atoms with van der Waals surface area (Å²) in [6.45, 7) is 3.92. The molecule has 2 rings (SSSR count). The molecule has 1 aromatic heterocycles. The van der Waals surface area contributed by atoms with Gasteiger partial charge < -0.3 is 14.5 Å². The first-order valence-corrected chi connectivity index (χ1v) is 6.65. The first-order valence-electron chi connectivity index (χ1n) is 5.60. The van der Waals surface area contributed by atoms with Crippen molar-refractivity contribution in [3.8, 4) is 0 Å². The van der Waals surface area contributed by atoms with Gasteiger partial charge in [0.25, 0.3) is 5.91 Å². The Bertz CT molecular complexity index is 446. The van der Waals surface area contributed by atoms with Crippen molar-refractivity contribution >= 4 is 23.6 Å². The van der Waals surface area contributed by atoms with Crippen LogP contribution in [-0.4, -0.2) is 44.2 Å². The zero-order valence-corrected chi connectivity index (χ0v) is 10.9. The Hall–Kier alpha value is -1.50. The number of carbonyl (C=O) groups is 2. The van der Waals surface area contributed by atoms with E-state index in [4.69, 9.17) is 4.52 Å². The van der Waals surface area contributed by atoms with Crippen LogP contribution in [0.1, 0.15) is 24.4 Å². The van der Waals surface area contributed by atoms with E-state index in [1.165, 1.54) is 28.9 Å². The molecular formula is C11H14N2O4S. The number of carbonyl (C=O) groups excluding carboxylic acids is 1. The fourth-order valence-corrected chi connectivity index (χ4v) is 3.41. The SMILES string of the molecule is CC(C)C1SCC(C(=O)O)N1C(=O)c1ccno1. The molecule has 0 bridgehead atoms. The minimum atomic E-state index is -0.987. The van der Waals surface area contributed by atoms with Crippen LogP contribution in [0.25, 0.3) is 0 Å². The van der Waals surface area contributed by atoms with Crippen LogP contribution in [0.5, 0.6) is 0 Å². The third kappa shape index (κ3) is 2.22. The average Bonchev–Trinajstić information content (AvgIpc) is 2.97. The Labute approximate surface area is 108 Å². The van der Waals surface area contributed by atoms with Gasteiger partial charge in [-0.15, -0.1) is 11.8 Å². The van der Waals surface area contributed by atoms with Crippen LogP contribution in [-0.2, 0) is 4.79 Å². The summed E-state index contributed by atoms with van der Waals surface area (Å²) in [5, 5.41) is 12.5. The lowest BCUT2D eigenvalue weighted by molar-refractivity contribution is -0.141. The highest BCUT2D eigenvalue weighted by molar-refractivity contribution is 8.00. The van der Waals surface area contributed by atoms with Crippen molar-refractivity contribution in [1.82, 2.24) is 10.1 Å². The maximum Gasteiger partial charge on any atom is 0.327 e. The van der Waals surface area contributed by atoms with Crippen LogP contribution in [0.4, 0.5) is 0 Å². The molecule has 0 radical (unpaired) electrons. The van der Waals surface area contributed by atoms with Gasteiger partial charge in [0.1, 0.15) is 6.04 Å². The molecule has 2 atom stereocenters. The van der Waals surface area contributed by atoms with E-state index in [0.29, 0.717) is 5.75 Å². The summed E-state index contributed by atoms with van der Waals surface area (Å²) < 4.78 is 4.82. The van der Waals surface area contributed by atoms with Crippen molar-refractivity contribution in [3.05, 3.63) is 18.0 Å². The summed E-state index contributed by atoms with van der Waals surface area (Å²) in [6, 6.07) is 0.640. The number of rotatable bonds is 3. The minimum Gasteiger partial charge on any atom is -0.480 e. The number of aromatic nitrogens is 1. The molecule has 1 amide bonds. The summed E-state index contributed by atoms with van der Waals surface area (Å²) in [6.07, 6.45) is 1.37. The number of amides is 1. The number of hydrogen-bond acceptors (Lipinski definition) is 5. The fourth-order valence-electron chi connectivity index (χ4n) is 1.94. The highest BCUT2D eigenvalue weighted by atomic mass is 32.2. The van der Waals surface area contributed by atoms with E-state index in [9.17, 15) is 14.7 Å². The normalized spacial score (nSPS) is 23.6. The Morgan fingerprint density at radius 1 is 1.61 bits per heavy atom. The van der Waals surface area contributed by atoms with Crippen LogP contribution < -0.4 is 0 Å². The van der Waals surface area contributed by atoms with Crippen molar-refractivity contribution < 1.29 is 19.2 Å². The summed E-state index contributed by atoms with van der Waals surface area (Å²) >= 11 is 1.48. The monoisotopic (exact) mass is 270 g/mol. The molecule has 1 aromatic rings. The molecule has 0 aromatic carbocycles. The fraction of sp³-hybridized carbons (Fsp3) is 0.545. The average molecular weight is 270 g/mol. The number of aliphatic carboxylic acids is 1. The van der Waals surface area contributed by atoms with Gasteiger partial charge in [-0.2, -0.15) is 0 Å². The van der Waals surface area contributed by atoms with E-state index in [1.807, 2.05) is 13.8 Å². The predicted octanol–water partition coefficient (Wildman–Crippen LogP) is 1.30. The van der Waals surface area contributed by atoms with E-state index >= 15 is 0 Å². The second-order valence-electron chi connectivity index (χ2n) is 4.41. The van der Waals surface area contributed by atoms with Crippen LogP contribution in [0, 0.1) is 5.92 Å². The van der Waals surface area contributed by atoms with E-state index in [1.54, 1.807) is 0 Å². The van der Waals surface area contributed by atoms with Crippen molar-refractivity contribution in [2.45, 2.75) is 25.3 Å². The minimum absolute atomic E-state index is 0.0781. The molecule has 7 heteroatoms. The molecule has 98 valence electrons. The molecule has 1 N–H and O–H groups in total. The number of carboxylic acid groups (broad SMARTS) is 1. The van der Waals surface area contributed by atoms with E-state index in [2.05, 4.69) is 5.16 Å². The maximum atomic E-state index is 12.3. The van der Waals surface area contributed by atoms with Crippen molar-refractivity contribution in [2.75, 3.05) is 5.75 Å². The van der Waals surface area contributed by atoms with Gasteiger partial charge in [-0.3, -0.25) is 4.79 Å². The summed E-state index contributed by atoms with van der Waals surface area (Å²) in [5.74, 6) is -0.749. The maximum absolute atomic E-state index is 12.3. The largest absolute Gasteiger partial charge is 0.480 e. The molecule has 2 unspecified atom stereocenters. The van der Waals surface area contributed by atoms with Crippen molar-refractivity contribution in [2.24, 2.45) is 5.92 Å². The second-order valence-corrected chi connectivity index (χ2v) is 5.56. The molecule has 1 fully saturated rings. The van der Waals surface area contributed by atoms with Crippen molar-refractivity contribution in [1.29, 1.82) is 0 Å². The third-order valence-electron chi connectivity index (χ3n) is 2.77. The zero-order valence-electron chi connectivity index (χ0n) is 10.1. The van der Waals surface area contributed by atoms with Gasteiger partial charge in [0.15, 0.2) is 0 Å². The van der Waals surface area contributed by atoms with Gasteiger partial charge >= 0.3 is 5.97 Å². The highest BCUT2D eigenvalue weighted by Crippen LogP contribution is 2.35. The number of nitrogens with zero attached hydrogens (tertiary/aromatic N) is 2. The molecule has 18 heavy (non-hydrogen) atoms. The molecular weight excluding hydrogens is 256 g/mol. The Morgan fingerprint density at radius 2 is 2.33 bits per heavy atom. The van der Waals surface area contributed by atoms with Gasteiger partial charge in [-0.25, -0.2) is 4.79 Å². The smallest absolute Gasteiger partial charge is 0.327 e. The topological polar surface area (TPSA) is 83.6 Å². The molecule has 0 aliphatic carbocycles. The summed E-state index contributed by atoms with van der Waals surface area (Å²) in [4.78, 5) is 24.8. The Kier molecular flexibility index (Phi) is 3.60. The lowest BCUT2D eigenvalue weighted by atomic mass is 10.1. The Morgan fingerprint density at radius 3 is 2.83 bits per heavy atom. The van der Waals surface area contributed by atoms with E-state index < -0.39 is 17.9 Å². The molecule has 1 aliphatic heterocycles. The van der Waals surface area contributed by atoms with Crippen molar-refractivity contribution in [3.63, 3.8) is 0 Å². The van der Waals surface area contributed by atoms with Gasteiger partial charge in [-0.05, 0) is 5.92 Å². The van der Waals surface area contributed by atoms with Crippen LogP contribution >= 0.6 is 11.8 Å². The van der Waals surface area contributed by atoms with Gasteiger partial charge in [0.2, 0.25) is 5.76 Å².